The fourth-order valence-electron chi connectivity index (χ4n) is 2.13. The molecule has 2 aromatic rings. The van der Waals surface area contributed by atoms with Crippen molar-refractivity contribution in [2.45, 2.75) is 6.92 Å². The van der Waals surface area contributed by atoms with Crippen LogP contribution in [0.25, 0.3) is 0 Å². The van der Waals surface area contributed by atoms with E-state index < -0.39 is 10.8 Å². The van der Waals surface area contributed by atoms with Gasteiger partial charge >= 0.3 is 0 Å². The zero-order valence-electron chi connectivity index (χ0n) is 14.6. The predicted octanol–water partition coefficient (Wildman–Crippen LogP) is 3.14. The van der Waals surface area contributed by atoms with Gasteiger partial charge in [0.25, 0.3) is 11.6 Å². The Morgan fingerprint density at radius 1 is 1.15 bits per heavy atom. The highest BCUT2D eigenvalue weighted by molar-refractivity contribution is 7.80. The van der Waals surface area contributed by atoms with Crippen LogP contribution in [0.5, 0.6) is 5.75 Å². The SMILES string of the molecule is CCOCCOc1ccc(C(=O)NC(=S)Nc2ccccc2[N+](=O)[O-])cc1. The van der Waals surface area contributed by atoms with E-state index in [-0.39, 0.29) is 16.5 Å². The number of anilines is 1. The van der Waals surface area contributed by atoms with Gasteiger partial charge in [-0.05, 0) is 49.5 Å². The van der Waals surface area contributed by atoms with E-state index in [0.717, 1.165) is 0 Å². The van der Waals surface area contributed by atoms with Crippen molar-refractivity contribution < 1.29 is 19.2 Å². The van der Waals surface area contributed by atoms with Crippen molar-refractivity contribution in [3.63, 3.8) is 0 Å². The molecule has 0 aliphatic heterocycles. The van der Waals surface area contributed by atoms with Crippen molar-refractivity contribution in [2.24, 2.45) is 0 Å². The number of amides is 1. The van der Waals surface area contributed by atoms with E-state index in [1.54, 1.807) is 36.4 Å². The van der Waals surface area contributed by atoms with E-state index in [0.29, 0.717) is 31.1 Å². The van der Waals surface area contributed by atoms with Crippen LogP contribution in [0.4, 0.5) is 11.4 Å². The minimum atomic E-state index is -0.531. The molecular formula is C18H19N3O5S. The van der Waals surface area contributed by atoms with Crippen LogP contribution in [0, 0.1) is 10.1 Å². The van der Waals surface area contributed by atoms with Gasteiger partial charge in [0.15, 0.2) is 5.11 Å². The molecule has 0 atom stereocenters. The molecule has 0 heterocycles. The molecule has 0 saturated heterocycles. The summed E-state index contributed by atoms with van der Waals surface area (Å²) in [5, 5.41) is 16.1. The van der Waals surface area contributed by atoms with Gasteiger partial charge in [-0.15, -0.1) is 0 Å². The second-order valence-electron chi connectivity index (χ2n) is 5.25. The standard InChI is InChI=1S/C18H19N3O5S/c1-2-25-11-12-26-14-9-7-13(8-10-14)17(22)20-18(27)19-15-5-3-4-6-16(15)21(23)24/h3-10H,2,11-12H2,1H3,(H2,19,20,22,27). The third kappa shape index (κ3) is 6.32. The average molecular weight is 389 g/mol. The molecular weight excluding hydrogens is 370 g/mol. The first kappa shape index (κ1) is 20.3. The molecule has 0 saturated carbocycles. The summed E-state index contributed by atoms with van der Waals surface area (Å²) < 4.78 is 10.7. The van der Waals surface area contributed by atoms with Crippen molar-refractivity contribution in [1.29, 1.82) is 0 Å². The lowest BCUT2D eigenvalue weighted by Crippen LogP contribution is -2.34. The zero-order chi connectivity index (χ0) is 19.6. The molecule has 1 amide bonds. The van der Waals surface area contributed by atoms with Gasteiger partial charge in [-0.2, -0.15) is 0 Å². The molecule has 0 bridgehead atoms. The van der Waals surface area contributed by atoms with E-state index in [9.17, 15) is 14.9 Å². The lowest BCUT2D eigenvalue weighted by molar-refractivity contribution is -0.383. The number of nitrogens with one attached hydrogen (secondary N) is 2. The summed E-state index contributed by atoms with van der Waals surface area (Å²) in [5.74, 6) is 0.179. The second kappa shape index (κ2) is 10.2. The van der Waals surface area contributed by atoms with Crippen LogP contribution in [-0.4, -0.2) is 35.8 Å². The number of nitro groups is 1. The van der Waals surface area contributed by atoms with Gasteiger partial charge < -0.3 is 14.8 Å². The van der Waals surface area contributed by atoms with Crippen LogP contribution in [0.1, 0.15) is 17.3 Å². The van der Waals surface area contributed by atoms with Crippen molar-refractivity contribution in [3.8, 4) is 5.75 Å². The zero-order valence-corrected chi connectivity index (χ0v) is 15.5. The number of carbonyl (C=O) groups is 1. The van der Waals surface area contributed by atoms with Gasteiger partial charge in [-0.25, -0.2) is 0 Å². The minimum Gasteiger partial charge on any atom is -0.491 e. The van der Waals surface area contributed by atoms with Crippen molar-refractivity contribution in [2.75, 3.05) is 25.1 Å². The summed E-state index contributed by atoms with van der Waals surface area (Å²) >= 11 is 5.06. The smallest absolute Gasteiger partial charge is 0.292 e. The lowest BCUT2D eigenvalue weighted by Gasteiger charge is -2.10. The largest absolute Gasteiger partial charge is 0.491 e. The maximum absolute atomic E-state index is 12.2. The quantitative estimate of drug-likeness (QED) is 0.309. The first-order chi connectivity index (χ1) is 13.0. The number of carbonyl (C=O) groups excluding carboxylic acids is 1. The highest BCUT2D eigenvalue weighted by atomic mass is 32.1. The number of ether oxygens (including phenoxy) is 2. The fraction of sp³-hybridized carbons (Fsp3) is 0.222. The maximum Gasteiger partial charge on any atom is 0.292 e. The van der Waals surface area contributed by atoms with Gasteiger partial charge in [-0.1, -0.05) is 12.1 Å². The van der Waals surface area contributed by atoms with Gasteiger partial charge in [0.1, 0.15) is 18.0 Å². The summed E-state index contributed by atoms with van der Waals surface area (Å²) in [7, 11) is 0. The molecule has 0 aliphatic rings. The fourth-order valence-corrected chi connectivity index (χ4v) is 2.34. The van der Waals surface area contributed by atoms with E-state index in [2.05, 4.69) is 10.6 Å². The third-order valence-electron chi connectivity index (χ3n) is 3.39. The Kier molecular flexibility index (Phi) is 7.65. The number of rotatable bonds is 8. The Morgan fingerprint density at radius 3 is 2.52 bits per heavy atom. The topological polar surface area (TPSA) is 103 Å². The highest BCUT2D eigenvalue weighted by Gasteiger charge is 2.15. The van der Waals surface area contributed by atoms with Crippen molar-refractivity contribution in [1.82, 2.24) is 5.32 Å². The summed E-state index contributed by atoms with van der Waals surface area (Å²) in [4.78, 5) is 22.7. The molecule has 2 N–H and O–H groups in total. The number of para-hydroxylation sites is 2. The number of hydrogen-bond donors (Lipinski definition) is 2. The van der Waals surface area contributed by atoms with Crippen molar-refractivity contribution in [3.05, 3.63) is 64.2 Å². The molecule has 2 aromatic carbocycles. The first-order valence-electron chi connectivity index (χ1n) is 8.17. The molecule has 9 heteroatoms. The molecule has 142 valence electrons. The van der Waals surface area contributed by atoms with E-state index in [4.69, 9.17) is 21.7 Å². The number of thiocarbonyl (C=S) groups is 1. The summed E-state index contributed by atoms with van der Waals surface area (Å²) in [5.41, 5.74) is 0.437. The van der Waals surface area contributed by atoms with Crippen LogP contribution in [0.3, 0.4) is 0 Å². The van der Waals surface area contributed by atoms with Crippen LogP contribution in [-0.2, 0) is 4.74 Å². The number of nitro benzene ring substituents is 1. The maximum atomic E-state index is 12.2. The van der Waals surface area contributed by atoms with Gasteiger partial charge in [-0.3, -0.25) is 20.2 Å². The van der Waals surface area contributed by atoms with E-state index >= 15 is 0 Å². The second-order valence-corrected chi connectivity index (χ2v) is 5.66. The Bertz CT molecular complexity index is 811. The molecule has 27 heavy (non-hydrogen) atoms. The number of nitrogens with zero attached hydrogens (tertiary/aromatic N) is 1. The molecule has 0 radical (unpaired) electrons. The predicted molar refractivity (Wildman–Crippen MR) is 105 cm³/mol. The third-order valence-corrected chi connectivity index (χ3v) is 3.60. The lowest BCUT2D eigenvalue weighted by atomic mass is 10.2. The molecule has 0 spiro atoms. The Balaban J connectivity index is 1.91. The monoisotopic (exact) mass is 389 g/mol. The first-order valence-corrected chi connectivity index (χ1v) is 8.58. The summed E-state index contributed by atoms with van der Waals surface area (Å²) in [6.45, 7) is 3.44. The summed E-state index contributed by atoms with van der Waals surface area (Å²) in [6.07, 6.45) is 0. The van der Waals surface area contributed by atoms with Gasteiger partial charge in [0, 0.05) is 18.2 Å². The molecule has 2 rings (SSSR count). The molecule has 8 nitrogen and oxygen atoms in total. The number of benzene rings is 2. The average Bonchev–Trinajstić information content (AvgIpc) is 2.66. The van der Waals surface area contributed by atoms with Gasteiger partial charge in [0.2, 0.25) is 0 Å². The molecule has 0 aliphatic carbocycles. The Hall–Kier alpha value is -3.04. The Labute approximate surface area is 161 Å². The molecule has 0 aromatic heterocycles. The van der Waals surface area contributed by atoms with Crippen molar-refractivity contribution >= 4 is 34.6 Å². The van der Waals surface area contributed by atoms with Gasteiger partial charge in [0.05, 0.1) is 11.5 Å². The van der Waals surface area contributed by atoms with E-state index in [1.165, 1.54) is 12.1 Å². The Morgan fingerprint density at radius 2 is 1.85 bits per heavy atom. The number of hydrogen-bond acceptors (Lipinski definition) is 6. The van der Waals surface area contributed by atoms with Crippen LogP contribution in [0.15, 0.2) is 48.5 Å². The van der Waals surface area contributed by atoms with Crippen LogP contribution in [0.2, 0.25) is 0 Å². The van der Waals surface area contributed by atoms with Crippen LogP contribution >= 0.6 is 12.2 Å². The summed E-state index contributed by atoms with van der Waals surface area (Å²) in [6, 6.07) is 12.5. The minimum absolute atomic E-state index is 0.0358. The molecule has 0 unspecified atom stereocenters. The van der Waals surface area contributed by atoms with E-state index in [1.807, 2.05) is 6.92 Å². The molecule has 0 fully saturated rings. The normalized spacial score (nSPS) is 10.1. The highest BCUT2D eigenvalue weighted by Crippen LogP contribution is 2.23. The van der Waals surface area contributed by atoms with Crippen LogP contribution < -0.4 is 15.4 Å².